The predicted octanol–water partition coefficient (Wildman–Crippen LogP) is 3.88. The highest BCUT2D eigenvalue weighted by molar-refractivity contribution is 5.97. The molecule has 0 saturated heterocycles. The van der Waals surface area contributed by atoms with Crippen LogP contribution in [0.3, 0.4) is 0 Å². The van der Waals surface area contributed by atoms with Crippen LogP contribution in [-0.2, 0) is 14.3 Å². The molecule has 1 amide bonds. The lowest BCUT2D eigenvalue weighted by molar-refractivity contribution is -0.155. The number of carbonyl (C=O) groups excluding carboxylic acids is 3. The van der Waals surface area contributed by atoms with Gasteiger partial charge in [0, 0.05) is 11.3 Å². The maximum absolute atomic E-state index is 12.2. The maximum atomic E-state index is 12.2. The molecule has 2 aromatic carbocycles. The van der Waals surface area contributed by atoms with Crippen LogP contribution < -0.4 is 14.8 Å². The number of hydrogen-bond acceptors (Lipinski definition) is 6. The van der Waals surface area contributed by atoms with E-state index in [1.165, 1.54) is 21.0 Å². The third kappa shape index (κ3) is 6.48. The molecule has 0 aromatic heterocycles. The fraction of sp³-hybridized carbons (Fsp3) is 0.261. The van der Waals surface area contributed by atoms with Crippen LogP contribution in [0.25, 0.3) is 6.08 Å². The molecular weight excluding hydrogens is 386 g/mol. The van der Waals surface area contributed by atoms with E-state index in [4.69, 9.17) is 14.2 Å². The summed E-state index contributed by atoms with van der Waals surface area (Å²) in [5, 5.41) is 2.63. The Morgan fingerprint density at radius 2 is 1.77 bits per heavy atom. The van der Waals surface area contributed by atoms with Crippen molar-refractivity contribution in [3.63, 3.8) is 0 Å². The van der Waals surface area contributed by atoms with Crippen molar-refractivity contribution in [2.75, 3.05) is 19.0 Å². The van der Waals surface area contributed by atoms with Crippen LogP contribution in [0.15, 0.2) is 48.5 Å². The smallest absolute Gasteiger partial charge is 0.344 e. The van der Waals surface area contributed by atoms with Gasteiger partial charge in [-0.05, 0) is 62.7 Å². The lowest BCUT2D eigenvalue weighted by atomic mass is 10.1. The lowest BCUT2D eigenvalue weighted by Crippen LogP contribution is -2.31. The van der Waals surface area contributed by atoms with Gasteiger partial charge in [0.15, 0.2) is 30.0 Å². The Bertz CT molecular complexity index is 933. The highest BCUT2D eigenvalue weighted by Crippen LogP contribution is 2.28. The summed E-state index contributed by atoms with van der Waals surface area (Å²) < 4.78 is 15.9. The quantitative estimate of drug-likeness (QED) is 0.497. The fourth-order valence-corrected chi connectivity index (χ4v) is 2.55. The van der Waals surface area contributed by atoms with E-state index in [9.17, 15) is 14.4 Å². The van der Waals surface area contributed by atoms with Crippen molar-refractivity contribution in [2.45, 2.75) is 26.9 Å². The molecule has 2 aromatic rings. The van der Waals surface area contributed by atoms with Gasteiger partial charge in [-0.25, -0.2) is 4.79 Å². The van der Waals surface area contributed by atoms with Gasteiger partial charge < -0.3 is 19.5 Å². The zero-order valence-electron chi connectivity index (χ0n) is 17.4. The number of nitrogens with one attached hydrogen (secondary N) is 1. The van der Waals surface area contributed by atoms with Crippen LogP contribution >= 0.6 is 0 Å². The third-order valence-electron chi connectivity index (χ3n) is 4.13. The number of esters is 1. The van der Waals surface area contributed by atoms with E-state index in [2.05, 4.69) is 5.32 Å². The maximum Gasteiger partial charge on any atom is 0.344 e. The Morgan fingerprint density at radius 1 is 1.07 bits per heavy atom. The Hall–Kier alpha value is -3.61. The number of Topliss-reactive ketones (excluding diaryl/α,β-unsaturated/α-hetero) is 1. The summed E-state index contributed by atoms with van der Waals surface area (Å²) in [6.07, 6.45) is 2.79. The number of allylic oxidation sites excluding steroid dienone is 1. The van der Waals surface area contributed by atoms with E-state index in [1.54, 1.807) is 36.4 Å². The van der Waals surface area contributed by atoms with E-state index in [0.717, 1.165) is 5.56 Å². The molecule has 0 bridgehead atoms. The van der Waals surface area contributed by atoms with Crippen molar-refractivity contribution in [1.82, 2.24) is 0 Å². The van der Waals surface area contributed by atoms with Gasteiger partial charge >= 0.3 is 5.97 Å². The van der Waals surface area contributed by atoms with Crippen LogP contribution in [0, 0.1) is 0 Å². The van der Waals surface area contributed by atoms with E-state index in [1.807, 2.05) is 25.1 Å². The number of anilines is 1. The van der Waals surface area contributed by atoms with Crippen LogP contribution in [0.4, 0.5) is 5.69 Å². The van der Waals surface area contributed by atoms with Crippen LogP contribution in [0.5, 0.6) is 11.5 Å². The Morgan fingerprint density at radius 3 is 2.37 bits per heavy atom. The van der Waals surface area contributed by atoms with Crippen LogP contribution in [0.1, 0.15) is 36.7 Å². The van der Waals surface area contributed by atoms with Gasteiger partial charge in [-0.15, -0.1) is 0 Å². The first kappa shape index (κ1) is 22.7. The summed E-state index contributed by atoms with van der Waals surface area (Å²) in [7, 11) is 1.51. The second-order valence-electron chi connectivity index (χ2n) is 6.45. The van der Waals surface area contributed by atoms with Gasteiger partial charge in [0.2, 0.25) is 0 Å². The Balaban J connectivity index is 1.88. The van der Waals surface area contributed by atoms with Gasteiger partial charge in [0.25, 0.3) is 5.91 Å². The molecule has 0 radical (unpaired) electrons. The molecule has 158 valence electrons. The van der Waals surface area contributed by atoms with Crippen molar-refractivity contribution >= 4 is 29.4 Å². The molecule has 0 aliphatic carbocycles. The second-order valence-corrected chi connectivity index (χ2v) is 6.45. The summed E-state index contributed by atoms with van der Waals surface area (Å²) in [6.45, 7) is 4.46. The number of hydrogen-bond donors (Lipinski definition) is 1. The third-order valence-corrected chi connectivity index (χ3v) is 4.13. The number of carbonyl (C=O) groups is 3. The Kier molecular flexibility index (Phi) is 8.17. The zero-order valence-corrected chi connectivity index (χ0v) is 17.4. The first-order valence-electron chi connectivity index (χ1n) is 9.39. The molecule has 0 fully saturated rings. The highest BCUT2D eigenvalue weighted by atomic mass is 16.6. The minimum absolute atomic E-state index is 0.0664. The number of ether oxygens (including phenoxy) is 3. The fourth-order valence-electron chi connectivity index (χ4n) is 2.55. The minimum atomic E-state index is -1.02. The standard InChI is InChI=1S/C23H25NO6/c1-5-6-17-7-12-20(21(13-17)28-4)29-14-22(26)30-16(3)23(27)24-19-10-8-18(9-11-19)15(2)25/h5-13,16H,14H2,1-4H3,(H,24,27)/b6-5+/t16-/m1/s1. The van der Waals surface area contributed by atoms with Crippen molar-refractivity contribution in [1.29, 1.82) is 0 Å². The average molecular weight is 411 g/mol. The van der Waals surface area contributed by atoms with Gasteiger partial charge in [-0.3, -0.25) is 9.59 Å². The van der Waals surface area contributed by atoms with Gasteiger partial charge in [-0.2, -0.15) is 0 Å². The van der Waals surface area contributed by atoms with Crippen molar-refractivity contribution in [3.8, 4) is 11.5 Å². The van der Waals surface area contributed by atoms with Crippen molar-refractivity contribution in [3.05, 3.63) is 59.7 Å². The Labute approximate surface area is 175 Å². The zero-order chi connectivity index (χ0) is 22.1. The van der Waals surface area contributed by atoms with Crippen LogP contribution in [0.2, 0.25) is 0 Å². The highest BCUT2D eigenvalue weighted by Gasteiger charge is 2.19. The molecule has 1 atom stereocenters. The van der Waals surface area contributed by atoms with E-state index in [-0.39, 0.29) is 12.4 Å². The molecule has 0 saturated carbocycles. The molecule has 0 unspecified atom stereocenters. The average Bonchev–Trinajstić information content (AvgIpc) is 2.73. The molecular formula is C23H25NO6. The molecule has 2 rings (SSSR count). The van der Waals surface area contributed by atoms with E-state index < -0.39 is 18.0 Å². The number of benzene rings is 2. The van der Waals surface area contributed by atoms with Crippen LogP contribution in [-0.4, -0.2) is 37.5 Å². The van der Waals surface area contributed by atoms with E-state index in [0.29, 0.717) is 22.7 Å². The van der Waals surface area contributed by atoms with E-state index >= 15 is 0 Å². The van der Waals surface area contributed by atoms with Crippen molar-refractivity contribution < 1.29 is 28.6 Å². The summed E-state index contributed by atoms with van der Waals surface area (Å²) in [5.41, 5.74) is 1.97. The molecule has 7 heteroatoms. The monoisotopic (exact) mass is 411 g/mol. The molecule has 7 nitrogen and oxygen atoms in total. The molecule has 30 heavy (non-hydrogen) atoms. The SMILES string of the molecule is C/C=C/c1ccc(OCC(=O)O[C@H](C)C(=O)Nc2ccc(C(C)=O)cc2)c(OC)c1. The largest absolute Gasteiger partial charge is 0.493 e. The first-order chi connectivity index (χ1) is 14.3. The lowest BCUT2D eigenvalue weighted by Gasteiger charge is -2.15. The molecule has 0 spiro atoms. The summed E-state index contributed by atoms with van der Waals surface area (Å²) in [5.74, 6) is -0.372. The predicted molar refractivity (Wildman–Crippen MR) is 114 cm³/mol. The number of rotatable bonds is 9. The second kappa shape index (κ2) is 10.8. The summed E-state index contributed by atoms with van der Waals surface area (Å²) in [6, 6.07) is 11.7. The van der Waals surface area contributed by atoms with Gasteiger partial charge in [0.1, 0.15) is 0 Å². The van der Waals surface area contributed by atoms with Crippen molar-refractivity contribution in [2.24, 2.45) is 0 Å². The van der Waals surface area contributed by atoms with Gasteiger partial charge in [0.05, 0.1) is 7.11 Å². The number of ketones is 1. The van der Waals surface area contributed by atoms with Gasteiger partial charge in [-0.1, -0.05) is 18.2 Å². The molecule has 0 aliphatic rings. The molecule has 0 aliphatic heterocycles. The summed E-state index contributed by atoms with van der Waals surface area (Å²) >= 11 is 0. The number of methoxy groups -OCH3 is 1. The molecule has 1 N–H and O–H groups in total. The molecule has 0 heterocycles. The first-order valence-corrected chi connectivity index (χ1v) is 9.39. The minimum Gasteiger partial charge on any atom is -0.493 e. The normalized spacial score (nSPS) is 11.6. The number of amides is 1. The topological polar surface area (TPSA) is 90.9 Å². The summed E-state index contributed by atoms with van der Waals surface area (Å²) in [4.78, 5) is 35.6.